The summed E-state index contributed by atoms with van der Waals surface area (Å²) in [5.41, 5.74) is 0.627. The molecule has 0 saturated heterocycles. The largest absolute Gasteiger partial charge is 0.457 e. The molecule has 0 radical (unpaired) electrons. The summed E-state index contributed by atoms with van der Waals surface area (Å²) in [6, 6.07) is 6.77. The fourth-order valence-corrected chi connectivity index (χ4v) is 1.34. The van der Waals surface area contributed by atoms with E-state index in [9.17, 15) is 9.59 Å². The van der Waals surface area contributed by atoms with E-state index in [0.29, 0.717) is 11.3 Å². The van der Waals surface area contributed by atoms with Gasteiger partial charge in [0.05, 0.1) is 0 Å². The second-order valence-electron chi connectivity index (χ2n) is 5.61. The van der Waals surface area contributed by atoms with Crippen molar-refractivity contribution in [3.05, 3.63) is 48.1 Å². The standard InChI is InChI=1S/C17H20O4/c1-12(2)16(19)20-14-9-6-13(7-10-14)8-11-15(18)21-17(3,4)5/h6-11H,1H2,2-5H3/b11-8+. The van der Waals surface area contributed by atoms with E-state index in [1.165, 1.54) is 6.08 Å². The fourth-order valence-electron chi connectivity index (χ4n) is 1.34. The van der Waals surface area contributed by atoms with Crippen molar-refractivity contribution in [1.29, 1.82) is 0 Å². The van der Waals surface area contributed by atoms with Gasteiger partial charge in [0.25, 0.3) is 0 Å². The molecule has 0 aliphatic rings. The van der Waals surface area contributed by atoms with E-state index in [2.05, 4.69) is 6.58 Å². The molecule has 0 saturated carbocycles. The molecular formula is C17H20O4. The molecule has 21 heavy (non-hydrogen) atoms. The summed E-state index contributed by atoms with van der Waals surface area (Å²) in [4.78, 5) is 22.9. The van der Waals surface area contributed by atoms with Crippen molar-refractivity contribution in [2.24, 2.45) is 0 Å². The Labute approximate surface area is 125 Å². The lowest BCUT2D eigenvalue weighted by molar-refractivity contribution is -0.148. The highest BCUT2D eigenvalue weighted by Gasteiger charge is 2.13. The van der Waals surface area contributed by atoms with Crippen molar-refractivity contribution in [1.82, 2.24) is 0 Å². The Morgan fingerprint density at radius 3 is 2.19 bits per heavy atom. The maximum absolute atomic E-state index is 11.5. The van der Waals surface area contributed by atoms with Crippen LogP contribution in [-0.4, -0.2) is 17.5 Å². The van der Waals surface area contributed by atoms with E-state index < -0.39 is 17.5 Å². The first kappa shape index (κ1) is 16.7. The van der Waals surface area contributed by atoms with Crippen LogP contribution in [0.5, 0.6) is 5.75 Å². The monoisotopic (exact) mass is 288 g/mol. The SMILES string of the molecule is C=C(C)C(=O)Oc1ccc(/C=C/C(=O)OC(C)(C)C)cc1. The van der Waals surface area contributed by atoms with Crippen molar-refractivity contribution >= 4 is 18.0 Å². The van der Waals surface area contributed by atoms with Gasteiger partial charge in [0.2, 0.25) is 0 Å². The van der Waals surface area contributed by atoms with E-state index >= 15 is 0 Å². The summed E-state index contributed by atoms with van der Waals surface area (Å²) in [6.45, 7) is 10.5. The Balaban J connectivity index is 2.64. The molecule has 0 fully saturated rings. The molecule has 0 spiro atoms. The van der Waals surface area contributed by atoms with E-state index in [0.717, 1.165) is 5.56 Å². The summed E-state index contributed by atoms with van der Waals surface area (Å²) in [5.74, 6) is -0.440. The van der Waals surface area contributed by atoms with Crippen LogP contribution < -0.4 is 4.74 Å². The summed E-state index contributed by atoms with van der Waals surface area (Å²) in [7, 11) is 0. The lowest BCUT2D eigenvalue weighted by atomic mass is 10.2. The molecule has 0 bridgehead atoms. The Morgan fingerprint density at radius 2 is 1.71 bits per heavy atom. The lowest BCUT2D eigenvalue weighted by Gasteiger charge is -2.17. The van der Waals surface area contributed by atoms with Crippen LogP contribution in [0.2, 0.25) is 0 Å². The van der Waals surface area contributed by atoms with Crippen LogP contribution in [0, 0.1) is 0 Å². The maximum atomic E-state index is 11.5. The van der Waals surface area contributed by atoms with Gasteiger partial charge in [0, 0.05) is 11.6 Å². The molecule has 112 valence electrons. The highest BCUT2D eigenvalue weighted by atomic mass is 16.6. The number of carbonyl (C=O) groups is 2. The summed E-state index contributed by atoms with van der Waals surface area (Å²) < 4.78 is 10.2. The van der Waals surface area contributed by atoms with Crippen molar-refractivity contribution in [2.75, 3.05) is 0 Å². The molecule has 0 atom stereocenters. The average molecular weight is 288 g/mol. The predicted octanol–water partition coefficient (Wildman–Crippen LogP) is 3.52. The summed E-state index contributed by atoms with van der Waals surface area (Å²) in [5, 5.41) is 0. The van der Waals surface area contributed by atoms with Crippen LogP contribution in [0.15, 0.2) is 42.5 Å². The normalized spacial score (nSPS) is 11.2. The topological polar surface area (TPSA) is 52.6 Å². The predicted molar refractivity (Wildman–Crippen MR) is 81.8 cm³/mol. The van der Waals surface area contributed by atoms with Crippen molar-refractivity contribution in [3.8, 4) is 5.75 Å². The second kappa shape index (κ2) is 6.88. The van der Waals surface area contributed by atoms with Crippen LogP contribution in [0.4, 0.5) is 0 Å². The molecule has 1 aromatic carbocycles. The van der Waals surface area contributed by atoms with Gasteiger partial charge >= 0.3 is 11.9 Å². The smallest absolute Gasteiger partial charge is 0.338 e. The highest BCUT2D eigenvalue weighted by Crippen LogP contribution is 2.15. The third kappa shape index (κ3) is 6.56. The maximum Gasteiger partial charge on any atom is 0.338 e. The summed E-state index contributed by atoms with van der Waals surface area (Å²) >= 11 is 0. The van der Waals surface area contributed by atoms with E-state index in [4.69, 9.17) is 9.47 Å². The van der Waals surface area contributed by atoms with E-state index in [1.807, 2.05) is 20.8 Å². The van der Waals surface area contributed by atoms with Gasteiger partial charge in [-0.25, -0.2) is 9.59 Å². The second-order valence-corrected chi connectivity index (χ2v) is 5.61. The molecule has 4 heteroatoms. The quantitative estimate of drug-likeness (QED) is 0.483. The molecule has 0 unspecified atom stereocenters. The number of hydrogen-bond donors (Lipinski definition) is 0. The van der Waals surface area contributed by atoms with Crippen LogP contribution in [0.25, 0.3) is 6.08 Å². The van der Waals surface area contributed by atoms with Gasteiger partial charge in [0.15, 0.2) is 0 Å². The third-order valence-corrected chi connectivity index (χ3v) is 2.26. The van der Waals surface area contributed by atoms with Gasteiger partial charge in [-0.05, 0) is 51.5 Å². The number of benzene rings is 1. The highest BCUT2D eigenvalue weighted by molar-refractivity contribution is 5.89. The Morgan fingerprint density at radius 1 is 1.14 bits per heavy atom. The molecule has 0 heterocycles. The van der Waals surface area contributed by atoms with Crippen LogP contribution in [0.3, 0.4) is 0 Å². The zero-order valence-electron chi connectivity index (χ0n) is 12.8. The number of carbonyl (C=O) groups excluding carboxylic acids is 2. The zero-order valence-corrected chi connectivity index (χ0v) is 12.8. The lowest BCUT2D eigenvalue weighted by Crippen LogP contribution is -2.22. The van der Waals surface area contributed by atoms with Gasteiger partial charge < -0.3 is 9.47 Å². The van der Waals surface area contributed by atoms with Crippen molar-refractivity contribution in [2.45, 2.75) is 33.3 Å². The average Bonchev–Trinajstić information content (AvgIpc) is 2.35. The zero-order chi connectivity index (χ0) is 16.0. The molecule has 0 aromatic heterocycles. The molecule has 1 aromatic rings. The first-order chi connectivity index (χ1) is 9.67. The van der Waals surface area contributed by atoms with Gasteiger partial charge in [0.1, 0.15) is 11.4 Å². The van der Waals surface area contributed by atoms with Crippen LogP contribution >= 0.6 is 0 Å². The molecule has 0 aliphatic heterocycles. The molecule has 0 aliphatic carbocycles. The number of ether oxygens (including phenoxy) is 2. The fraction of sp³-hybridized carbons (Fsp3) is 0.294. The van der Waals surface area contributed by atoms with E-state index in [1.54, 1.807) is 37.3 Å². The van der Waals surface area contributed by atoms with Gasteiger partial charge in [-0.3, -0.25) is 0 Å². The minimum atomic E-state index is -0.512. The van der Waals surface area contributed by atoms with Gasteiger partial charge in [-0.15, -0.1) is 0 Å². The first-order valence-electron chi connectivity index (χ1n) is 6.56. The van der Waals surface area contributed by atoms with Crippen molar-refractivity contribution in [3.63, 3.8) is 0 Å². The third-order valence-electron chi connectivity index (χ3n) is 2.26. The Kier molecular flexibility index (Phi) is 5.47. The van der Waals surface area contributed by atoms with Crippen molar-refractivity contribution < 1.29 is 19.1 Å². The molecule has 0 amide bonds. The Bertz CT molecular complexity index is 559. The molecule has 1 rings (SSSR count). The number of esters is 2. The molecule has 0 N–H and O–H groups in total. The minimum absolute atomic E-state index is 0.337. The van der Waals surface area contributed by atoms with Crippen LogP contribution in [0.1, 0.15) is 33.3 Å². The summed E-state index contributed by atoms with van der Waals surface area (Å²) in [6.07, 6.45) is 3.00. The number of rotatable bonds is 4. The Hall–Kier alpha value is -2.36. The van der Waals surface area contributed by atoms with Gasteiger partial charge in [-0.2, -0.15) is 0 Å². The number of hydrogen-bond acceptors (Lipinski definition) is 4. The minimum Gasteiger partial charge on any atom is -0.457 e. The van der Waals surface area contributed by atoms with Crippen LogP contribution in [-0.2, 0) is 14.3 Å². The first-order valence-corrected chi connectivity index (χ1v) is 6.56. The van der Waals surface area contributed by atoms with E-state index in [-0.39, 0.29) is 0 Å². The van der Waals surface area contributed by atoms with Gasteiger partial charge in [-0.1, -0.05) is 18.7 Å². The molecular weight excluding hydrogens is 268 g/mol. The molecule has 4 nitrogen and oxygen atoms in total.